The van der Waals surface area contributed by atoms with Gasteiger partial charge in [0, 0.05) is 12.6 Å². The maximum Gasteiger partial charge on any atom is 0.189 e. The quantitative estimate of drug-likeness (QED) is 0.575. The van der Waals surface area contributed by atoms with Crippen LogP contribution >= 0.6 is 8.03 Å². The molecule has 6 heteroatoms. The van der Waals surface area contributed by atoms with Crippen molar-refractivity contribution in [2.75, 3.05) is 6.16 Å². The molecule has 0 aromatic carbocycles. The molecule has 14 heavy (non-hydrogen) atoms. The van der Waals surface area contributed by atoms with Gasteiger partial charge >= 0.3 is 0 Å². The highest BCUT2D eigenvalue weighted by Gasteiger charge is 2.33. The van der Waals surface area contributed by atoms with Crippen LogP contribution in [0.15, 0.2) is 0 Å². The number of hydrogen-bond donors (Lipinski definition) is 3. The lowest BCUT2D eigenvalue weighted by Gasteiger charge is -2.35. The molecule has 1 fully saturated rings. The van der Waals surface area contributed by atoms with E-state index >= 15 is 0 Å². The molecule has 1 aliphatic heterocycles. The van der Waals surface area contributed by atoms with Gasteiger partial charge in [0.15, 0.2) is 8.03 Å². The Labute approximate surface area is 83.6 Å². The summed E-state index contributed by atoms with van der Waals surface area (Å²) < 4.78 is 15.9. The third-order valence-electron chi connectivity index (χ3n) is 2.47. The van der Waals surface area contributed by atoms with E-state index in [0.29, 0.717) is 12.8 Å². The topological polar surface area (TPSA) is 87.0 Å². The number of rotatable bonds is 3. The van der Waals surface area contributed by atoms with E-state index in [1.54, 1.807) is 6.92 Å². The first-order valence-electron chi connectivity index (χ1n) is 4.74. The second-order valence-electron chi connectivity index (χ2n) is 3.69. The van der Waals surface area contributed by atoms with E-state index in [9.17, 15) is 14.8 Å². The fourth-order valence-corrected chi connectivity index (χ4v) is 2.20. The molecular formula is C8H17O5P. The summed E-state index contributed by atoms with van der Waals surface area (Å²) in [7, 11) is -2.46. The molecule has 1 saturated heterocycles. The molecule has 1 rings (SSSR count). The van der Waals surface area contributed by atoms with E-state index in [1.807, 2.05) is 0 Å². The zero-order valence-corrected chi connectivity index (χ0v) is 9.09. The molecule has 3 N–H and O–H groups in total. The third kappa shape index (κ3) is 3.33. The maximum absolute atomic E-state index is 10.5. The van der Waals surface area contributed by atoms with Gasteiger partial charge in [0.1, 0.15) is 6.10 Å². The molecule has 5 atom stereocenters. The van der Waals surface area contributed by atoms with E-state index in [4.69, 9.17) is 9.63 Å². The fourth-order valence-electron chi connectivity index (χ4n) is 1.63. The van der Waals surface area contributed by atoms with Gasteiger partial charge in [0.2, 0.25) is 0 Å². The first kappa shape index (κ1) is 12.1. The summed E-state index contributed by atoms with van der Waals surface area (Å²) >= 11 is 0. The Hall–Kier alpha value is 0.0700. The Kier molecular flexibility index (Phi) is 4.54. The van der Waals surface area contributed by atoms with Gasteiger partial charge in [-0.05, 0) is 13.3 Å². The largest absolute Gasteiger partial charge is 0.390 e. The van der Waals surface area contributed by atoms with Crippen LogP contribution < -0.4 is 0 Å². The van der Waals surface area contributed by atoms with Crippen molar-refractivity contribution in [2.45, 2.75) is 44.2 Å². The number of aliphatic hydroxyl groups excluding tert-OH is 2. The second kappa shape index (κ2) is 5.24. The van der Waals surface area contributed by atoms with Crippen LogP contribution in [0.1, 0.15) is 19.8 Å². The predicted octanol–water partition coefficient (Wildman–Crippen LogP) is -0.257. The lowest BCUT2D eigenvalue weighted by molar-refractivity contribution is -0.161. The van der Waals surface area contributed by atoms with Crippen molar-refractivity contribution >= 4 is 8.03 Å². The molecule has 0 saturated carbocycles. The summed E-state index contributed by atoms with van der Waals surface area (Å²) in [5.41, 5.74) is 0. The molecule has 2 unspecified atom stereocenters. The van der Waals surface area contributed by atoms with Crippen LogP contribution in [-0.4, -0.2) is 45.7 Å². The first-order chi connectivity index (χ1) is 6.50. The van der Waals surface area contributed by atoms with E-state index in [-0.39, 0.29) is 12.3 Å². The zero-order chi connectivity index (χ0) is 10.7. The van der Waals surface area contributed by atoms with Crippen LogP contribution in [0.5, 0.6) is 0 Å². The van der Waals surface area contributed by atoms with Gasteiger partial charge in [-0.1, -0.05) is 0 Å². The van der Waals surface area contributed by atoms with E-state index in [2.05, 4.69) is 0 Å². The minimum Gasteiger partial charge on any atom is -0.390 e. The average molecular weight is 224 g/mol. The molecule has 1 aliphatic rings. The molecule has 0 radical (unpaired) electrons. The van der Waals surface area contributed by atoms with Crippen LogP contribution in [0, 0.1) is 0 Å². The van der Waals surface area contributed by atoms with Crippen molar-refractivity contribution in [3.8, 4) is 0 Å². The van der Waals surface area contributed by atoms with Crippen LogP contribution in [-0.2, 0) is 9.30 Å². The molecule has 0 aromatic heterocycles. The van der Waals surface area contributed by atoms with Crippen molar-refractivity contribution in [1.82, 2.24) is 0 Å². The van der Waals surface area contributed by atoms with Crippen molar-refractivity contribution in [1.29, 1.82) is 0 Å². The van der Waals surface area contributed by atoms with Gasteiger partial charge < -0.3 is 19.8 Å². The molecule has 5 nitrogen and oxygen atoms in total. The fraction of sp³-hybridized carbons (Fsp3) is 1.00. The predicted molar refractivity (Wildman–Crippen MR) is 51.7 cm³/mol. The minimum absolute atomic E-state index is 0.213. The molecule has 0 aromatic rings. The molecule has 0 bridgehead atoms. The van der Waals surface area contributed by atoms with Gasteiger partial charge in [0.05, 0.1) is 18.3 Å². The summed E-state index contributed by atoms with van der Waals surface area (Å²) in [5.74, 6) is 0. The van der Waals surface area contributed by atoms with Gasteiger partial charge in [-0.25, -0.2) is 0 Å². The summed E-state index contributed by atoms with van der Waals surface area (Å²) in [6.45, 7) is 1.68. The highest BCUT2D eigenvalue weighted by atomic mass is 31.1. The molecule has 0 spiro atoms. The van der Waals surface area contributed by atoms with Gasteiger partial charge in [-0.3, -0.25) is 4.57 Å². The van der Waals surface area contributed by atoms with Crippen molar-refractivity contribution in [2.24, 2.45) is 0 Å². The monoisotopic (exact) mass is 224 g/mol. The normalized spacial score (nSPS) is 40.9. The second-order valence-corrected chi connectivity index (χ2v) is 4.98. The molecule has 0 amide bonds. The van der Waals surface area contributed by atoms with Gasteiger partial charge in [-0.15, -0.1) is 0 Å². The van der Waals surface area contributed by atoms with Crippen LogP contribution in [0.2, 0.25) is 0 Å². The van der Waals surface area contributed by atoms with Crippen LogP contribution in [0.3, 0.4) is 0 Å². The van der Waals surface area contributed by atoms with Crippen LogP contribution in [0.25, 0.3) is 0 Å². The first-order valence-corrected chi connectivity index (χ1v) is 6.30. The Morgan fingerprint density at radius 1 is 1.50 bits per heavy atom. The summed E-state index contributed by atoms with van der Waals surface area (Å²) in [4.78, 5) is 8.65. The Morgan fingerprint density at radius 3 is 2.64 bits per heavy atom. The van der Waals surface area contributed by atoms with E-state index in [1.165, 1.54) is 0 Å². The van der Waals surface area contributed by atoms with Crippen molar-refractivity contribution < 1.29 is 24.4 Å². The van der Waals surface area contributed by atoms with Crippen LogP contribution in [0.4, 0.5) is 0 Å². The smallest absolute Gasteiger partial charge is 0.189 e. The molecule has 0 aliphatic carbocycles. The maximum atomic E-state index is 10.5. The van der Waals surface area contributed by atoms with E-state index in [0.717, 1.165) is 0 Å². The Morgan fingerprint density at radius 2 is 2.14 bits per heavy atom. The summed E-state index contributed by atoms with van der Waals surface area (Å²) in [6, 6.07) is 0. The van der Waals surface area contributed by atoms with E-state index < -0.39 is 26.3 Å². The SMILES string of the molecule is CC1O[C@H](CC[PH](=O)O)C[C@H](O)[C@@H]1O. The lowest BCUT2D eigenvalue weighted by Crippen LogP contribution is -2.46. The summed E-state index contributed by atoms with van der Waals surface area (Å²) in [6.07, 6.45) is -1.26. The molecular weight excluding hydrogens is 207 g/mol. The lowest BCUT2D eigenvalue weighted by atomic mass is 9.97. The molecule has 84 valence electrons. The summed E-state index contributed by atoms with van der Waals surface area (Å²) in [5, 5.41) is 18.8. The van der Waals surface area contributed by atoms with Crippen molar-refractivity contribution in [3.63, 3.8) is 0 Å². The van der Waals surface area contributed by atoms with Gasteiger partial charge in [0.25, 0.3) is 0 Å². The average Bonchev–Trinajstić information content (AvgIpc) is 2.10. The number of hydrogen-bond acceptors (Lipinski definition) is 4. The third-order valence-corrected chi connectivity index (χ3v) is 3.18. The number of aliphatic hydroxyl groups is 2. The van der Waals surface area contributed by atoms with Crippen molar-refractivity contribution in [3.05, 3.63) is 0 Å². The highest BCUT2D eigenvalue weighted by molar-refractivity contribution is 7.37. The zero-order valence-electron chi connectivity index (χ0n) is 8.09. The Balaban J connectivity index is 2.38. The minimum atomic E-state index is -2.46. The number of ether oxygens (including phenoxy) is 1. The van der Waals surface area contributed by atoms with Gasteiger partial charge in [-0.2, -0.15) is 0 Å². The Bertz CT molecular complexity index is 198. The molecule has 1 heterocycles. The standard InChI is InChI=1S/C8H17O5P/c1-5-8(10)7(9)4-6(13-5)2-3-14(11)12/h5-10,14H,2-4H2,1H3,(H,11,12)/t5?,6-,7+,8-/m1/s1. The highest BCUT2D eigenvalue weighted by Crippen LogP contribution is 2.25.